The molecule has 0 aliphatic heterocycles. The molecular weight excluding hydrogens is 478 g/mol. The number of nitrogens with one attached hydrogen (secondary N) is 2. The summed E-state index contributed by atoms with van der Waals surface area (Å²) in [5.74, 6) is -4.24. The molecule has 0 radical (unpaired) electrons. The van der Waals surface area contributed by atoms with Crippen LogP contribution in [0.5, 0.6) is 5.75 Å². The maximum absolute atomic E-state index is 14.4. The fourth-order valence-electron chi connectivity index (χ4n) is 3.31. The van der Waals surface area contributed by atoms with Crippen molar-refractivity contribution in [2.75, 3.05) is 11.9 Å². The number of benzene rings is 1. The number of alkyl halides is 2. The van der Waals surface area contributed by atoms with Gasteiger partial charge < -0.3 is 15.4 Å². The van der Waals surface area contributed by atoms with E-state index in [1.165, 1.54) is 6.08 Å². The van der Waals surface area contributed by atoms with Crippen LogP contribution in [0.25, 0.3) is 0 Å². The van der Waals surface area contributed by atoms with Crippen molar-refractivity contribution in [2.45, 2.75) is 45.5 Å². The number of nitrogens with zero attached hydrogens (tertiary/aromatic N) is 1. The van der Waals surface area contributed by atoms with Gasteiger partial charge >= 0.3 is 6.03 Å². The second-order valence-electron chi connectivity index (χ2n) is 8.50. The second kappa shape index (κ2) is 11.8. The molecule has 0 spiro atoms. The van der Waals surface area contributed by atoms with Crippen molar-refractivity contribution in [3.63, 3.8) is 0 Å². The Morgan fingerprint density at radius 1 is 1.22 bits per heavy atom. The molecule has 1 saturated carbocycles. The van der Waals surface area contributed by atoms with Crippen molar-refractivity contribution in [3.8, 4) is 5.75 Å². The Hall–Kier alpha value is -3.69. The fraction of sp³-hybridized carbons (Fsp3) is 0.346. The number of carbonyl (C=O) groups is 2. The van der Waals surface area contributed by atoms with Crippen LogP contribution in [0.1, 0.15) is 44.4 Å². The molecule has 2 N–H and O–H groups in total. The normalized spacial score (nSPS) is 14.4. The monoisotopic (exact) mass is 505 g/mol. The molecule has 6 nitrogen and oxygen atoms in total. The minimum absolute atomic E-state index is 0.0698. The lowest BCUT2D eigenvalue weighted by atomic mass is 10.1. The molecule has 3 rings (SSSR count). The highest BCUT2D eigenvalue weighted by molar-refractivity contribution is 5.89. The minimum Gasteiger partial charge on any atom is -0.458 e. The van der Waals surface area contributed by atoms with Crippen molar-refractivity contribution in [3.05, 3.63) is 77.3 Å². The Bertz CT molecular complexity index is 1170. The van der Waals surface area contributed by atoms with Gasteiger partial charge in [0.2, 0.25) is 0 Å². The van der Waals surface area contributed by atoms with Crippen LogP contribution in [-0.2, 0) is 17.1 Å². The van der Waals surface area contributed by atoms with Crippen LogP contribution in [0.2, 0.25) is 0 Å². The fourth-order valence-corrected chi connectivity index (χ4v) is 3.31. The van der Waals surface area contributed by atoms with Crippen LogP contribution in [-0.4, -0.2) is 23.3 Å². The largest absolute Gasteiger partial charge is 0.458 e. The molecule has 2 amide bonds. The quantitative estimate of drug-likeness (QED) is 0.216. The van der Waals surface area contributed by atoms with E-state index in [0.29, 0.717) is 31.2 Å². The first kappa shape index (κ1) is 26.9. The molecular formula is C26H27F4N3O3. The number of aryl methyl sites for hydroxylation is 1. The molecule has 1 fully saturated rings. The third-order valence-electron chi connectivity index (χ3n) is 5.38. The van der Waals surface area contributed by atoms with Crippen LogP contribution >= 0.6 is 0 Å². The molecule has 192 valence electrons. The van der Waals surface area contributed by atoms with Gasteiger partial charge in [-0.2, -0.15) is 0 Å². The summed E-state index contributed by atoms with van der Waals surface area (Å²) in [5.41, 5.74) is -0.251. The van der Waals surface area contributed by atoms with Gasteiger partial charge in [0.25, 0.3) is 5.92 Å². The number of allylic oxidation sites excluding steroid dienone is 2. The molecule has 10 heteroatoms. The molecule has 1 aliphatic carbocycles. The smallest absolute Gasteiger partial charge is 0.319 e. The highest BCUT2D eigenvalue weighted by Gasteiger charge is 2.29. The summed E-state index contributed by atoms with van der Waals surface area (Å²) < 4.78 is 60.6. The van der Waals surface area contributed by atoms with Gasteiger partial charge in [-0.25, -0.2) is 22.4 Å². The number of Topliss-reactive ketones (excluding diaryl/α,β-unsaturated/α-hetero) is 1. The van der Waals surface area contributed by atoms with Gasteiger partial charge in [0.15, 0.2) is 0 Å². The van der Waals surface area contributed by atoms with Gasteiger partial charge in [0, 0.05) is 49.0 Å². The predicted molar refractivity (Wildman–Crippen MR) is 127 cm³/mol. The lowest BCUT2D eigenvalue weighted by Gasteiger charge is -2.14. The average molecular weight is 506 g/mol. The van der Waals surface area contributed by atoms with E-state index in [2.05, 4.69) is 15.6 Å². The second-order valence-corrected chi connectivity index (χ2v) is 8.50. The third kappa shape index (κ3) is 8.21. The number of ketones is 1. The summed E-state index contributed by atoms with van der Waals surface area (Å²) in [6, 6.07) is 5.17. The lowest BCUT2D eigenvalue weighted by Crippen LogP contribution is -2.30. The maximum atomic E-state index is 14.4. The topological polar surface area (TPSA) is 80.3 Å². The standard InChI is InChI=1S/C26H27F4N3O3/c1-3-20(36-21-10-11-31-18(13-21)7-9-24(34)16-4-5-16)12-17(27)15-32-25(35)33-19-6-8-23(28)22(14-19)26(2,29)30/h3,6,8,10-14,16H,4-5,7,9,15H2,1-2H3,(H2,32,33,35). The number of pyridine rings is 1. The van der Waals surface area contributed by atoms with Crippen LogP contribution in [0, 0.1) is 11.7 Å². The first-order chi connectivity index (χ1) is 17.0. The number of carbonyl (C=O) groups excluding carboxylic acids is 2. The molecule has 0 bridgehead atoms. The number of ether oxygens (including phenoxy) is 1. The van der Waals surface area contributed by atoms with Crippen molar-refractivity contribution in [2.24, 2.45) is 5.92 Å². The van der Waals surface area contributed by atoms with Crippen LogP contribution < -0.4 is 15.4 Å². The number of hydrogen-bond acceptors (Lipinski definition) is 4. The number of hydrogen-bond donors (Lipinski definition) is 2. The number of halogens is 4. The average Bonchev–Trinajstić information content (AvgIpc) is 3.67. The number of anilines is 1. The molecule has 1 aromatic carbocycles. The summed E-state index contributed by atoms with van der Waals surface area (Å²) >= 11 is 0. The van der Waals surface area contributed by atoms with E-state index >= 15 is 0 Å². The van der Waals surface area contributed by atoms with Crippen LogP contribution in [0.15, 0.2) is 60.3 Å². The third-order valence-corrected chi connectivity index (χ3v) is 5.38. The Morgan fingerprint density at radius 3 is 2.64 bits per heavy atom. The van der Waals surface area contributed by atoms with Crippen LogP contribution in [0.3, 0.4) is 0 Å². The van der Waals surface area contributed by atoms with E-state index in [4.69, 9.17) is 4.74 Å². The van der Waals surface area contributed by atoms with Crippen molar-refractivity contribution in [1.29, 1.82) is 0 Å². The molecule has 0 atom stereocenters. The summed E-state index contributed by atoms with van der Waals surface area (Å²) in [6.45, 7) is 1.68. The summed E-state index contributed by atoms with van der Waals surface area (Å²) in [4.78, 5) is 28.2. The van der Waals surface area contributed by atoms with Gasteiger partial charge in [-0.05, 0) is 56.5 Å². The summed E-state index contributed by atoms with van der Waals surface area (Å²) in [6.07, 6.45) is 6.98. The molecule has 0 saturated heterocycles. The van der Waals surface area contributed by atoms with E-state index in [1.54, 1.807) is 25.3 Å². The van der Waals surface area contributed by atoms with E-state index in [9.17, 15) is 27.2 Å². The number of amides is 2. The van der Waals surface area contributed by atoms with Gasteiger partial charge in [0.1, 0.15) is 28.9 Å². The minimum atomic E-state index is -3.43. The molecule has 1 aromatic heterocycles. The highest BCUT2D eigenvalue weighted by atomic mass is 19.3. The Balaban J connectivity index is 1.52. The Morgan fingerprint density at radius 2 is 1.97 bits per heavy atom. The van der Waals surface area contributed by atoms with E-state index in [0.717, 1.165) is 37.1 Å². The van der Waals surface area contributed by atoms with Gasteiger partial charge in [-0.3, -0.25) is 9.78 Å². The number of rotatable bonds is 11. The molecule has 2 aromatic rings. The summed E-state index contributed by atoms with van der Waals surface area (Å²) in [7, 11) is 0. The van der Waals surface area contributed by atoms with E-state index in [-0.39, 0.29) is 23.1 Å². The maximum Gasteiger partial charge on any atom is 0.319 e. The van der Waals surface area contributed by atoms with Crippen molar-refractivity contribution >= 4 is 17.5 Å². The van der Waals surface area contributed by atoms with Gasteiger partial charge in [-0.1, -0.05) is 0 Å². The zero-order valence-corrected chi connectivity index (χ0v) is 19.9. The molecule has 36 heavy (non-hydrogen) atoms. The number of urea groups is 1. The Kier molecular flexibility index (Phi) is 8.84. The molecule has 1 aliphatic rings. The van der Waals surface area contributed by atoms with Gasteiger partial charge in [0.05, 0.1) is 12.1 Å². The highest BCUT2D eigenvalue weighted by Crippen LogP contribution is 2.32. The zero-order valence-electron chi connectivity index (χ0n) is 19.9. The first-order valence-electron chi connectivity index (χ1n) is 11.5. The molecule has 0 unspecified atom stereocenters. The van der Waals surface area contributed by atoms with Crippen molar-refractivity contribution in [1.82, 2.24) is 10.3 Å². The first-order valence-corrected chi connectivity index (χ1v) is 11.5. The zero-order chi connectivity index (χ0) is 26.3. The summed E-state index contributed by atoms with van der Waals surface area (Å²) in [5, 5.41) is 4.51. The Labute approximate surface area is 206 Å². The van der Waals surface area contributed by atoms with Crippen LogP contribution in [0.4, 0.5) is 28.0 Å². The SMILES string of the molecule is CC=C(C=C(F)CNC(=O)Nc1ccc(F)c(C(C)(F)F)c1)Oc1ccnc(CCC(=O)C2CC2)c1. The van der Waals surface area contributed by atoms with E-state index in [1.807, 2.05) is 0 Å². The van der Waals surface area contributed by atoms with Crippen molar-refractivity contribution < 1.29 is 31.9 Å². The van der Waals surface area contributed by atoms with E-state index < -0.39 is 35.7 Å². The van der Waals surface area contributed by atoms with Gasteiger partial charge in [-0.15, -0.1) is 0 Å². The molecule has 1 heterocycles. The predicted octanol–water partition coefficient (Wildman–Crippen LogP) is 6.20. The lowest BCUT2D eigenvalue weighted by molar-refractivity contribution is -0.120. The number of aromatic nitrogens is 1.